The number of nitrogens with two attached hydrogens (primary N) is 1. The van der Waals surface area contributed by atoms with Crippen molar-refractivity contribution in [2.45, 2.75) is 45.4 Å². The zero-order chi connectivity index (χ0) is 21.8. The van der Waals surface area contributed by atoms with Gasteiger partial charge in [0.25, 0.3) is 5.91 Å². The molecule has 0 aromatic heterocycles. The van der Waals surface area contributed by atoms with Gasteiger partial charge >= 0.3 is 0 Å². The predicted molar refractivity (Wildman–Crippen MR) is 118 cm³/mol. The van der Waals surface area contributed by atoms with Crippen LogP contribution in [0.2, 0.25) is 0 Å². The van der Waals surface area contributed by atoms with Crippen LogP contribution in [0.1, 0.15) is 56.0 Å². The second kappa shape index (κ2) is 8.90. The van der Waals surface area contributed by atoms with Gasteiger partial charge in [0.05, 0.1) is 6.61 Å². The average Bonchev–Trinajstić information content (AvgIpc) is 2.72. The number of hydrogen-bond donors (Lipinski definition) is 1. The number of piperidine rings is 1. The lowest BCUT2D eigenvalue weighted by Crippen LogP contribution is -2.47. The molecule has 0 atom stereocenters. The van der Waals surface area contributed by atoms with Crippen LogP contribution in [-0.2, 0) is 10.2 Å². The Morgan fingerprint density at radius 1 is 1.00 bits per heavy atom. The fourth-order valence-electron chi connectivity index (χ4n) is 3.97. The maximum Gasteiger partial charge on any atom is 0.253 e. The topological polar surface area (TPSA) is 72.6 Å². The molecule has 3 rings (SSSR count). The minimum atomic E-state index is -0.339. The highest BCUT2D eigenvalue weighted by molar-refractivity contribution is 5.94. The second-order valence-corrected chi connectivity index (χ2v) is 9.36. The fourth-order valence-corrected chi connectivity index (χ4v) is 3.97. The summed E-state index contributed by atoms with van der Waals surface area (Å²) in [6, 6.07) is 17.5. The van der Waals surface area contributed by atoms with E-state index in [9.17, 15) is 9.59 Å². The number of primary amides is 1. The zero-order valence-electron chi connectivity index (χ0n) is 18.2. The van der Waals surface area contributed by atoms with Gasteiger partial charge in [0.2, 0.25) is 5.91 Å². The van der Waals surface area contributed by atoms with Crippen LogP contribution in [-0.4, -0.2) is 36.4 Å². The number of likely N-dealkylation sites (tertiary alicyclic amines) is 1. The molecule has 0 aliphatic carbocycles. The molecule has 0 spiro atoms. The third kappa shape index (κ3) is 5.41. The number of nitrogens with zero attached hydrogens (tertiary/aromatic N) is 1. The maximum atomic E-state index is 13.0. The van der Waals surface area contributed by atoms with E-state index in [1.54, 1.807) is 0 Å². The first-order valence-electron chi connectivity index (χ1n) is 10.5. The van der Waals surface area contributed by atoms with Gasteiger partial charge in [-0.1, -0.05) is 51.1 Å². The number of carbonyl (C=O) groups excluding carboxylic acids is 2. The minimum absolute atomic E-state index is 0.0344. The number of para-hydroxylation sites is 1. The molecule has 1 saturated heterocycles. The summed E-state index contributed by atoms with van der Waals surface area (Å²) in [5.74, 6) is 0.482. The first-order valence-corrected chi connectivity index (χ1v) is 10.5. The van der Waals surface area contributed by atoms with Crippen LogP contribution in [0.15, 0.2) is 54.6 Å². The third-order valence-corrected chi connectivity index (χ3v) is 5.95. The Labute approximate surface area is 179 Å². The van der Waals surface area contributed by atoms with Gasteiger partial charge in [0, 0.05) is 30.5 Å². The van der Waals surface area contributed by atoms with E-state index in [1.165, 1.54) is 5.56 Å². The molecular formula is C25H32N2O3. The predicted octanol–water partition coefficient (Wildman–Crippen LogP) is 4.16. The SMILES string of the molecule is CC(C)(C)c1ccc(C(=O)N2CCC(COc3ccccc3)(CC(N)=O)CC2)cc1. The number of benzene rings is 2. The molecule has 0 unspecified atom stereocenters. The molecule has 2 aromatic carbocycles. The van der Waals surface area contributed by atoms with Crippen molar-refractivity contribution in [2.24, 2.45) is 11.1 Å². The van der Waals surface area contributed by atoms with E-state index >= 15 is 0 Å². The Bertz CT molecular complexity index is 862. The van der Waals surface area contributed by atoms with Crippen molar-refractivity contribution in [3.8, 4) is 5.75 Å². The van der Waals surface area contributed by atoms with Crippen molar-refractivity contribution in [3.63, 3.8) is 0 Å². The molecule has 1 heterocycles. The molecule has 0 bridgehead atoms. The number of hydrogen-bond acceptors (Lipinski definition) is 3. The Kier molecular flexibility index (Phi) is 6.49. The molecule has 0 saturated carbocycles. The maximum absolute atomic E-state index is 13.0. The van der Waals surface area contributed by atoms with E-state index < -0.39 is 0 Å². The summed E-state index contributed by atoms with van der Waals surface area (Å²) < 4.78 is 5.96. The van der Waals surface area contributed by atoms with E-state index in [-0.39, 0.29) is 29.1 Å². The molecule has 5 heteroatoms. The monoisotopic (exact) mass is 408 g/mol. The average molecular weight is 409 g/mol. The van der Waals surface area contributed by atoms with Crippen LogP contribution >= 0.6 is 0 Å². The van der Waals surface area contributed by atoms with Crippen molar-refractivity contribution in [2.75, 3.05) is 19.7 Å². The van der Waals surface area contributed by atoms with Crippen molar-refractivity contribution >= 4 is 11.8 Å². The van der Waals surface area contributed by atoms with Gasteiger partial charge in [0.15, 0.2) is 0 Å². The Balaban J connectivity index is 1.65. The Morgan fingerprint density at radius 2 is 1.60 bits per heavy atom. The summed E-state index contributed by atoms with van der Waals surface area (Å²) in [6.45, 7) is 8.07. The molecule has 2 aromatic rings. The molecule has 5 nitrogen and oxygen atoms in total. The fraction of sp³-hybridized carbons (Fsp3) is 0.440. The van der Waals surface area contributed by atoms with Crippen LogP contribution in [0.4, 0.5) is 0 Å². The highest BCUT2D eigenvalue weighted by atomic mass is 16.5. The summed E-state index contributed by atoms with van der Waals surface area (Å²) in [5.41, 5.74) is 7.16. The first kappa shape index (κ1) is 21.9. The van der Waals surface area contributed by atoms with E-state index in [0.29, 0.717) is 38.1 Å². The Morgan fingerprint density at radius 3 is 2.13 bits per heavy atom. The lowest BCUT2D eigenvalue weighted by Gasteiger charge is -2.41. The molecule has 1 fully saturated rings. The van der Waals surface area contributed by atoms with E-state index in [0.717, 1.165) is 5.75 Å². The van der Waals surface area contributed by atoms with Crippen LogP contribution in [0.5, 0.6) is 5.75 Å². The molecule has 0 radical (unpaired) electrons. The van der Waals surface area contributed by atoms with Gasteiger partial charge in [-0.3, -0.25) is 9.59 Å². The lowest BCUT2D eigenvalue weighted by atomic mass is 9.76. The van der Waals surface area contributed by atoms with Gasteiger partial charge in [-0.2, -0.15) is 0 Å². The summed E-state index contributed by atoms with van der Waals surface area (Å²) in [7, 11) is 0. The van der Waals surface area contributed by atoms with Crippen molar-refractivity contribution in [1.29, 1.82) is 0 Å². The van der Waals surface area contributed by atoms with E-state index in [2.05, 4.69) is 20.8 Å². The van der Waals surface area contributed by atoms with Crippen LogP contribution in [0, 0.1) is 5.41 Å². The minimum Gasteiger partial charge on any atom is -0.493 e. The number of carbonyl (C=O) groups is 2. The van der Waals surface area contributed by atoms with Gasteiger partial charge in [-0.25, -0.2) is 0 Å². The van der Waals surface area contributed by atoms with E-state index in [1.807, 2.05) is 59.5 Å². The van der Waals surface area contributed by atoms with Crippen LogP contribution in [0.25, 0.3) is 0 Å². The molecule has 30 heavy (non-hydrogen) atoms. The summed E-state index contributed by atoms with van der Waals surface area (Å²) in [6.07, 6.45) is 1.64. The quantitative estimate of drug-likeness (QED) is 0.780. The highest BCUT2D eigenvalue weighted by Gasteiger charge is 2.38. The van der Waals surface area contributed by atoms with Crippen molar-refractivity contribution in [1.82, 2.24) is 4.90 Å². The van der Waals surface area contributed by atoms with Crippen LogP contribution in [0.3, 0.4) is 0 Å². The molecule has 1 aliphatic heterocycles. The van der Waals surface area contributed by atoms with Gasteiger partial charge in [-0.05, 0) is 48.1 Å². The van der Waals surface area contributed by atoms with E-state index in [4.69, 9.17) is 10.5 Å². The second-order valence-electron chi connectivity index (χ2n) is 9.36. The molecule has 160 valence electrons. The summed E-state index contributed by atoms with van der Waals surface area (Å²) >= 11 is 0. The highest BCUT2D eigenvalue weighted by Crippen LogP contribution is 2.36. The zero-order valence-corrected chi connectivity index (χ0v) is 18.2. The number of ether oxygens (including phenoxy) is 1. The molecule has 2 N–H and O–H groups in total. The van der Waals surface area contributed by atoms with Crippen LogP contribution < -0.4 is 10.5 Å². The van der Waals surface area contributed by atoms with Gasteiger partial charge < -0.3 is 15.4 Å². The summed E-state index contributed by atoms with van der Waals surface area (Å²) in [4.78, 5) is 26.6. The van der Waals surface area contributed by atoms with Gasteiger partial charge in [0.1, 0.15) is 5.75 Å². The Hall–Kier alpha value is -2.82. The number of rotatable bonds is 6. The van der Waals surface area contributed by atoms with Crippen molar-refractivity contribution in [3.05, 3.63) is 65.7 Å². The standard InChI is InChI=1S/C25H32N2O3/c1-24(2,3)20-11-9-19(10-12-20)23(29)27-15-13-25(14-16-27,17-22(26)28)18-30-21-7-5-4-6-8-21/h4-12H,13-18H2,1-3H3,(H2,26,28). The molecule has 1 aliphatic rings. The van der Waals surface area contributed by atoms with Crippen molar-refractivity contribution < 1.29 is 14.3 Å². The lowest BCUT2D eigenvalue weighted by molar-refractivity contribution is -0.121. The first-order chi connectivity index (χ1) is 14.2. The molecule has 2 amide bonds. The van der Waals surface area contributed by atoms with Gasteiger partial charge in [-0.15, -0.1) is 0 Å². The number of amides is 2. The smallest absolute Gasteiger partial charge is 0.253 e. The summed E-state index contributed by atoms with van der Waals surface area (Å²) in [5, 5.41) is 0. The normalized spacial score (nSPS) is 16.2. The molecular weight excluding hydrogens is 376 g/mol. The third-order valence-electron chi connectivity index (χ3n) is 5.95. The largest absolute Gasteiger partial charge is 0.493 e.